The zero-order valence-electron chi connectivity index (χ0n) is 10.8. The molecule has 0 amide bonds. The van der Waals surface area contributed by atoms with Crippen molar-refractivity contribution in [3.8, 4) is 11.8 Å². The summed E-state index contributed by atoms with van der Waals surface area (Å²) in [6.07, 6.45) is 0.564. The smallest absolute Gasteiger partial charge is 0.124 e. The van der Waals surface area contributed by atoms with Gasteiger partial charge < -0.3 is 9.84 Å². The number of rotatable bonds is 4. The van der Waals surface area contributed by atoms with Crippen LogP contribution in [0.1, 0.15) is 32.8 Å². The highest BCUT2D eigenvalue weighted by atomic mass is 16.5. The summed E-state index contributed by atoms with van der Waals surface area (Å²) in [5, 5.41) is 20.0. The third kappa shape index (κ3) is 2.13. The Balaban J connectivity index is 3.35. The lowest BCUT2D eigenvalue weighted by Gasteiger charge is -2.37. The van der Waals surface area contributed by atoms with Crippen LogP contribution in [-0.2, 0) is 5.60 Å². The number of aliphatic hydroxyl groups is 1. The summed E-state index contributed by atoms with van der Waals surface area (Å²) in [6.45, 7) is 5.32. The average Bonchev–Trinajstić information content (AvgIpc) is 2.37. The molecule has 1 N–H and O–H groups in total. The molecular weight excluding hydrogens is 214 g/mol. The SMILES string of the molecule is CCC(C)(C#N)C(C)(O)c1ccccc1OC. The second kappa shape index (κ2) is 4.77. The number of ether oxygens (including phenoxy) is 1. The number of nitrogens with zero attached hydrogens (tertiary/aromatic N) is 1. The highest BCUT2D eigenvalue weighted by Gasteiger charge is 2.45. The molecule has 2 unspecified atom stereocenters. The number of hydrogen-bond donors (Lipinski definition) is 1. The van der Waals surface area contributed by atoms with Crippen molar-refractivity contribution in [2.75, 3.05) is 7.11 Å². The molecule has 0 heterocycles. The van der Waals surface area contributed by atoms with Gasteiger partial charge in [-0.05, 0) is 26.3 Å². The Morgan fingerprint density at radius 2 is 1.94 bits per heavy atom. The van der Waals surface area contributed by atoms with Gasteiger partial charge in [0.05, 0.1) is 18.6 Å². The van der Waals surface area contributed by atoms with Crippen LogP contribution in [0.15, 0.2) is 24.3 Å². The van der Waals surface area contributed by atoms with E-state index >= 15 is 0 Å². The summed E-state index contributed by atoms with van der Waals surface area (Å²) < 4.78 is 5.25. The predicted octanol–water partition coefficient (Wildman–Crippen LogP) is 2.84. The molecule has 3 heteroatoms. The first-order valence-corrected chi connectivity index (χ1v) is 5.70. The van der Waals surface area contributed by atoms with Crippen molar-refractivity contribution in [3.63, 3.8) is 0 Å². The van der Waals surface area contributed by atoms with Gasteiger partial charge in [-0.3, -0.25) is 0 Å². The van der Waals surface area contributed by atoms with Gasteiger partial charge in [0.15, 0.2) is 0 Å². The molecule has 1 aromatic carbocycles. The Labute approximate surface area is 103 Å². The maximum atomic E-state index is 10.7. The fraction of sp³-hybridized carbons (Fsp3) is 0.500. The third-order valence-electron chi connectivity index (χ3n) is 3.66. The van der Waals surface area contributed by atoms with E-state index in [0.29, 0.717) is 17.7 Å². The summed E-state index contributed by atoms with van der Waals surface area (Å²) in [6, 6.07) is 9.47. The minimum absolute atomic E-state index is 0.564. The standard InChI is InChI=1S/C14H19NO2/c1-5-13(2,10-15)14(3,16)11-8-6-7-9-12(11)17-4/h6-9,16H,5H2,1-4H3. The van der Waals surface area contributed by atoms with E-state index in [9.17, 15) is 10.4 Å². The minimum atomic E-state index is -1.25. The Morgan fingerprint density at radius 1 is 1.35 bits per heavy atom. The molecule has 0 spiro atoms. The van der Waals surface area contributed by atoms with Gasteiger partial charge in [-0.2, -0.15) is 5.26 Å². The molecule has 92 valence electrons. The van der Waals surface area contributed by atoms with Crippen LogP contribution in [0.2, 0.25) is 0 Å². The molecule has 0 saturated carbocycles. The summed E-state index contributed by atoms with van der Waals surface area (Å²) in [7, 11) is 1.56. The lowest BCUT2D eigenvalue weighted by atomic mass is 9.70. The second-order valence-corrected chi connectivity index (χ2v) is 4.57. The largest absolute Gasteiger partial charge is 0.496 e. The van der Waals surface area contributed by atoms with Crippen LogP contribution in [0.3, 0.4) is 0 Å². The lowest BCUT2D eigenvalue weighted by Crippen LogP contribution is -2.40. The molecule has 2 atom stereocenters. The fourth-order valence-electron chi connectivity index (χ4n) is 1.88. The van der Waals surface area contributed by atoms with Gasteiger partial charge in [0.1, 0.15) is 11.4 Å². The Hall–Kier alpha value is -1.53. The number of methoxy groups -OCH3 is 1. The van der Waals surface area contributed by atoms with E-state index in [-0.39, 0.29) is 0 Å². The van der Waals surface area contributed by atoms with Crippen LogP contribution in [-0.4, -0.2) is 12.2 Å². The summed E-state index contributed by atoms with van der Waals surface area (Å²) in [4.78, 5) is 0. The quantitative estimate of drug-likeness (QED) is 0.870. The van der Waals surface area contributed by atoms with Crippen LogP contribution < -0.4 is 4.74 Å². The highest BCUT2D eigenvalue weighted by molar-refractivity contribution is 5.40. The first-order valence-electron chi connectivity index (χ1n) is 5.70. The van der Waals surface area contributed by atoms with E-state index in [1.54, 1.807) is 33.1 Å². The molecule has 0 aliphatic carbocycles. The predicted molar refractivity (Wildman–Crippen MR) is 66.6 cm³/mol. The maximum absolute atomic E-state index is 10.7. The van der Waals surface area contributed by atoms with E-state index in [1.165, 1.54) is 0 Å². The van der Waals surface area contributed by atoms with Gasteiger partial charge in [0.2, 0.25) is 0 Å². The van der Waals surface area contributed by atoms with Crippen molar-refractivity contribution < 1.29 is 9.84 Å². The summed E-state index contributed by atoms with van der Waals surface area (Å²) in [5.74, 6) is 0.604. The number of benzene rings is 1. The zero-order valence-corrected chi connectivity index (χ0v) is 10.8. The molecule has 3 nitrogen and oxygen atoms in total. The van der Waals surface area contributed by atoms with Crippen LogP contribution in [0.25, 0.3) is 0 Å². The molecule has 17 heavy (non-hydrogen) atoms. The first kappa shape index (κ1) is 13.5. The second-order valence-electron chi connectivity index (χ2n) is 4.57. The van der Waals surface area contributed by atoms with Gasteiger partial charge in [-0.15, -0.1) is 0 Å². The Bertz CT molecular complexity index is 434. The Kier molecular flexibility index (Phi) is 3.79. The normalized spacial score (nSPS) is 17.6. The molecule has 1 aromatic rings. The van der Waals surface area contributed by atoms with Crippen molar-refractivity contribution >= 4 is 0 Å². The van der Waals surface area contributed by atoms with E-state index in [4.69, 9.17) is 4.74 Å². The molecule has 0 aliphatic rings. The summed E-state index contributed by atoms with van der Waals surface area (Å²) >= 11 is 0. The van der Waals surface area contributed by atoms with Crippen molar-refractivity contribution in [2.24, 2.45) is 5.41 Å². The molecule has 0 bridgehead atoms. The van der Waals surface area contributed by atoms with Crippen LogP contribution in [0.4, 0.5) is 0 Å². The van der Waals surface area contributed by atoms with Crippen molar-refractivity contribution in [1.29, 1.82) is 5.26 Å². The molecule has 0 fully saturated rings. The van der Waals surface area contributed by atoms with E-state index in [2.05, 4.69) is 6.07 Å². The maximum Gasteiger partial charge on any atom is 0.124 e. The molecule has 1 rings (SSSR count). The van der Waals surface area contributed by atoms with E-state index < -0.39 is 11.0 Å². The van der Waals surface area contributed by atoms with Gasteiger partial charge in [-0.1, -0.05) is 25.1 Å². The zero-order chi connectivity index (χ0) is 13.1. The molecular formula is C14H19NO2. The molecule has 0 aliphatic heterocycles. The van der Waals surface area contributed by atoms with Crippen LogP contribution >= 0.6 is 0 Å². The monoisotopic (exact) mass is 233 g/mol. The van der Waals surface area contributed by atoms with Crippen molar-refractivity contribution in [3.05, 3.63) is 29.8 Å². The first-order chi connectivity index (χ1) is 7.93. The van der Waals surface area contributed by atoms with Gasteiger partial charge in [-0.25, -0.2) is 0 Å². The third-order valence-corrected chi connectivity index (χ3v) is 3.66. The minimum Gasteiger partial charge on any atom is -0.496 e. The van der Waals surface area contributed by atoms with Gasteiger partial charge in [0.25, 0.3) is 0 Å². The van der Waals surface area contributed by atoms with E-state index in [1.807, 2.05) is 19.1 Å². The van der Waals surface area contributed by atoms with Crippen LogP contribution in [0, 0.1) is 16.7 Å². The summed E-state index contributed by atoms with van der Waals surface area (Å²) in [5.41, 5.74) is -1.45. The van der Waals surface area contributed by atoms with Gasteiger partial charge in [0, 0.05) is 5.56 Å². The van der Waals surface area contributed by atoms with E-state index in [0.717, 1.165) is 0 Å². The number of hydrogen-bond acceptors (Lipinski definition) is 3. The topological polar surface area (TPSA) is 53.2 Å². The van der Waals surface area contributed by atoms with Crippen molar-refractivity contribution in [2.45, 2.75) is 32.8 Å². The Morgan fingerprint density at radius 3 is 2.41 bits per heavy atom. The van der Waals surface area contributed by atoms with Crippen LogP contribution in [0.5, 0.6) is 5.75 Å². The average molecular weight is 233 g/mol. The number of nitriles is 1. The molecule has 0 saturated heterocycles. The molecule has 0 radical (unpaired) electrons. The highest BCUT2D eigenvalue weighted by Crippen LogP contribution is 2.44. The number of para-hydroxylation sites is 1. The molecule has 0 aromatic heterocycles. The lowest BCUT2D eigenvalue weighted by molar-refractivity contribution is -0.0396. The van der Waals surface area contributed by atoms with Gasteiger partial charge >= 0.3 is 0 Å². The fourth-order valence-corrected chi connectivity index (χ4v) is 1.88. The van der Waals surface area contributed by atoms with Crippen molar-refractivity contribution in [1.82, 2.24) is 0 Å².